The van der Waals surface area contributed by atoms with Crippen LogP contribution in [-0.2, 0) is 14.3 Å². The van der Waals surface area contributed by atoms with Crippen LogP contribution in [0, 0.1) is 0 Å². The summed E-state index contributed by atoms with van der Waals surface area (Å²) in [5, 5.41) is 8.06. The van der Waals surface area contributed by atoms with Gasteiger partial charge in [-0.1, -0.05) is 36.9 Å². The Morgan fingerprint density at radius 1 is 0.967 bits per heavy atom. The van der Waals surface area contributed by atoms with Gasteiger partial charge in [-0.05, 0) is 37.3 Å². The fraction of sp³-hybridized carbons (Fsp3) is 0.238. The van der Waals surface area contributed by atoms with Crippen LogP contribution in [0.4, 0.5) is 16.2 Å². The topological polar surface area (TPSA) is 109 Å². The summed E-state index contributed by atoms with van der Waals surface area (Å²) in [5.41, 5.74) is 0.938. The Morgan fingerprint density at radius 2 is 1.70 bits per heavy atom. The fourth-order valence-corrected chi connectivity index (χ4v) is 3.17. The number of carbonyl (C=O) groups is 3. The minimum absolute atomic E-state index is 0.0891. The molecule has 0 aliphatic carbocycles. The number of ether oxygens (including phenoxy) is 1. The van der Waals surface area contributed by atoms with Crippen molar-refractivity contribution in [2.24, 2.45) is 4.99 Å². The molecule has 3 N–H and O–H groups in total. The molecule has 2 aromatic carbocycles. The highest BCUT2D eigenvalue weighted by molar-refractivity contribution is 7.99. The first-order chi connectivity index (χ1) is 14.4. The lowest BCUT2D eigenvalue weighted by molar-refractivity contribution is -0.117. The minimum atomic E-state index is -0.747. The van der Waals surface area contributed by atoms with E-state index < -0.39 is 12.0 Å². The van der Waals surface area contributed by atoms with E-state index in [9.17, 15) is 14.4 Å². The fourth-order valence-electron chi connectivity index (χ4n) is 2.30. The Morgan fingerprint density at radius 3 is 2.33 bits per heavy atom. The predicted octanol–water partition coefficient (Wildman–Crippen LogP) is 4.25. The molecule has 30 heavy (non-hydrogen) atoms. The van der Waals surface area contributed by atoms with Crippen molar-refractivity contribution in [1.29, 1.82) is 0 Å². The molecule has 0 fully saturated rings. The van der Waals surface area contributed by atoms with Gasteiger partial charge < -0.3 is 15.4 Å². The number of nitrogens with one attached hydrogen (secondary N) is 3. The monoisotopic (exact) mass is 428 g/mol. The SMILES string of the molecule is CCOC(=O)N/C(=N/C(=O)CC)Nc1cc(Sc2ccccc2)ccc1NC(C)=O. The Kier molecular flexibility index (Phi) is 8.89. The molecule has 0 spiro atoms. The van der Waals surface area contributed by atoms with Crippen LogP contribution in [0.15, 0.2) is 63.3 Å². The van der Waals surface area contributed by atoms with Crippen LogP contribution in [0.3, 0.4) is 0 Å². The first-order valence-corrected chi connectivity index (χ1v) is 10.2. The average molecular weight is 429 g/mol. The van der Waals surface area contributed by atoms with Crippen molar-refractivity contribution in [2.45, 2.75) is 37.0 Å². The van der Waals surface area contributed by atoms with E-state index in [1.54, 1.807) is 26.0 Å². The maximum absolute atomic E-state index is 11.8. The van der Waals surface area contributed by atoms with E-state index in [1.807, 2.05) is 36.4 Å². The molecular weight excluding hydrogens is 404 g/mol. The molecule has 0 saturated heterocycles. The third kappa shape index (κ3) is 7.59. The lowest BCUT2D eigenvalue weighted by Crippen LogP contribution is -2.37. The third-order valence-corrected chi connectivity index (χ3v) is 4.57. The summed E-state index contributed by atoms with van der Waals surface area (Å²) < 4.78 is 4.87. The van der Waals surface area contributed by atoms with Crippen molar-refractivity contribution >= 4 is 47.0 Å². The third-order valence-electron chi connectivity index (χ3n) is 3.57. The number of hydrogen-bond donors (Lipinski definition) is 3. The van der Waals surface area contributed by atoms with Gasteiger partial charge in [0.05, 0.1) is 18.0 Å². The molecule has 2 aromatic rings. The van der Waals surface area contributed by atoms with Gasteiger partial charge in [-0.3, -0.25) is 14.9 Å². The molecule has 0 bridgehead atoms. The van der Waals surface area contributed by atoms with Gasteiger partial charge in [0, 0.05) is 23.1 Å². The highest BCUT2D eigenvalue weighted by Crippen LogP contribution is 2.33. The van der Waals surface area contributed by atoms with Crippen molar-refractivity contribution in [1.82, 2.24) is 5.32 Å². The summed E-state index contributed by atoms with van der Waals surface area (Å²) in [6, 6.07) is 15.2. The zero-order valence-electron chi connectivity index (χ0n) is 17.0. The lowest BCUT2D eigenvalue weighted by Gasteiger charge is -2.16. The van der Waals surface area contributed by atoms with E-state index in [4.69, 9.17) is 4.74 Å². The maximum Gasteiger partial charge on any atom is 0.413 e. The van der Waals surface area contributed by atoms with Crippen molar-refractivity contribution in [3.05, 3.63) is 48.5 Å². The molecule has 2 rings (SSSR count). The van der Waals surface area contributed by atoms with Crippen LogP contribution in [0.2, 0.25) is 0 Å². The van der Waals surface area contributed by atoms with Crippen LogP contribution >= 0.6 is 11.8 Å². The molecule has 8 nitrogen and oxygen atoms in total. The Bertz CT molecular complexity index is 932. The Hall–Kier alpha value is -3.33. The highest BCUT2D eigenvalue weighted by atomic mass is 32.2. The van der Waals surface area contributed by atoms with Crippen LogP contribution in [0.5, 0.6) is 0 Å². The number of nitrogens with zero attached hydrogens (tertiary/aromatic N) is 1. The second-order valence-corrected chi connectivity index (χ2v) is 7.13. The molecule has 0 radical (unpaired) electrons. The number of hydrogen-bond acceptors (Lipinski definition) is 5. The largest absolute Gasteiger partial charge is 0.450 e. The standard InChI is InChI=1S/C21H24N4O4S/c1-4-19(27)24-20(25-21(28)29-5-2)23-18-13-16(11-12-17(18)22-14(3)26)30-15-9-7-6-8-10-15/h6-13H,4-5H2,1-3H3,(H,22,26)(H2,23,24,25,27,28). The number of aliphatic imine (C=N–C) groups is 1. The summed E-state index contributed by atoms with van der Waals surface area (Å²) in [5.74, 6) is -0.776. The van der Waals surface area contributed by atoms with E-state index in [0.717, 1.165) is 9.79 Å². The molecule has 0 heterocycles. The minimum Gasteiger partial charge on any atom is -0.450 e. The zero-order valence-corrected chi connectivity index (χ0v) is 17.8. The van der Waals surface area contributed by atoms with Crippen molar-refractivity contribution in [3.8, 4) is 0 Å². The van der Waals surface area contributed by atoms with Gasteiger partial charge in [0.25, 0.3) is 0 Å². The summed E-state index contributed by atoms with van der Waals surface area (Å²) >= 11 is 1.53. The van der Waals surface area contributed by atoms with Crippen LogP contribution < -0.4 is 16.0 Å². The number of amides is 3. The molecule has 158 valence electrons. The number of anilines is 2. The predicted molar refractivity (Wildman–Crippen MR) is 118 cm³/mol. The molecule has 0 aromatic heterocycles. The van der Waals surface area contributed by atoms with Gasteiger partial charge >= 0.3 is 6.09 Å². The number of guanidine groups is 1. The zero-order chi connectivity index (χ0) is 21.9. The van der Waals surface area contributed by atoms with Crippen LogP contribution in [-0.4, -0.2) is 30.5 Å². The van der Waals surface area contributed by atoms with E-state index >= 15 is 0 Å². The van der Waals surface area contributed by atoms with Crippen molar-refractivity contribution in [2.75, 3.05) is 17.2 Å². The molecule has 0 unspecified atom stereocenters. The van der Waals surface area contributed by atoms with Crippen molar-refractivity contribution < 1.29 is 19.1 Å². The van der Waals surface area contributed by atoms with Crippen LogP contribution in [0.1, 0.15) is 27.2 Å². The average Bonchev–Trinajstić information content (AvgIpc) is 2.70. The van der Waals surface area contributed by atoms with Crippen LogP contribution in [0.25, 0.3) is 0 Å². The summed E-state index contributed by atoms with van der Waals surface area (Å²) in [4.78, 5) is 41.1. The van der Waals surface area contributed by atoms with Gasteiger partial charge in [-0.15, -0.1) is 0 Å². The van der Waals surface area contributed by atoms with E-state index in [2.05, 4.69) is 20.9 Å². The second kappa shape index (κ2) is 11.6. The normalized spacial score (nSPS) is 10.8. The van der Waals surface area contributed by atoms with Gasteiger partial charge in [0.1, 0.15) is 0 Å². The maximum atomic E-state index is 11.8. The lowest BCUT2D eigenvalue weighted by atomic mass is 10.2. The summed E-state index contributed by atoms with van der Waals surface area (Å²) in [6.07, 6.45) is -0.582. The Labute approximate surface area is 179 Å². The molecule has 3 amide bonds. The second-order valence-electron chi connectivity index (χ2n) is 5.98. The van der Waals surface area contributed by atoms with Crippen molar-refractivity contribution in [3.63, 3.8) is 0 Å². The number of benzene rings is 2. The molecule has 0 aliphatic heterocycles. The smallest absolute Gasteiger partial charge is 0.413 e. The number of alkyl carbamates (subject to hydrolysis) is 1. The first kappa shape index (κ1) is 23.0. The van der Waals surface area contributed by atoms with Gasteiger partial charge in [-0.2, -0.15) is 4.99 Å². The van der Waals surface area contributed by atoms with Gasteiger partial charge in [0.15, 0.2) is 0 Å². The van der Waals surface area contributed by atoms with Gasteiger partial charge in [-0.25, -0.2) is 4.79 Å². The highest BCUT2D eigenvalue weighted by Gasteiger charge is 2.13. The molecule has 0 atom stereocenters. The van der Waals surface area contributed by atoms with Gasteiger partial charge in [0.2, 0.25) is 17.8 Å². The molecule has 0 aliphatic rings. The summed E-state index contributed by atoms with van der Waals surface area (Å²) in [6.45, 7) is 4.89. The Balaban J connectivity index is 2.36. The van der Waals surface area contributed by atoms with E-state index in [0.29, 0.717) is 11.4 Å². The molecule has 9 heteroatoms. The first-order valence-electron chi connectivity index (χ1n) is 9.38. The number of carbonyl (C=O) groups excluding carboxylic acids is 3. The molecular formula is C21H24N4O4S. The molecule has 0 saturated carbocycles. The van der Waals surface area contributed by atoms with E-state index in [-0.39, 0.29) is 24.9 Å². The summed E-state index contributed by atoms with van der Waals surface area (Å²) in [7, 11) is 0. The quantitative estimate of drug-likeness (QED) is 0.469. The van der Waals surface area contributed by atoms with E-state index in [1.165, 1.54) is 18.7 Å². The number of rotatable bonds is 6.